The maximum absolute atomic E-state index is 13.8. The average molecular weight is 579 g/mol. The van der Waals surface area contributed by atoms with Gasteiger partial charge in [-0.2, -0.15) is 8.42 Å². The number of ether oxygens (including phenoxy) is 2. The lowest BCUT2D eigenvalue weighted by Crippen LogP contribution is -2.44. The van der Waals surface area contributed by atoms with Crippen molar-refractivity contribution >= 4 is 38.3 Å². The molecule has 1 amide bonds. The molecular formula is C29H34N6O5S. The summed E-state index contributed by atoms with van der Waals surface area (Å²) in [5, 5.41) is 11.3. The molecular weight excluding hydrogens is 544 g/mol. The Hall–Kier alpha value is -4.39. The molecule has 3 aromatic carbocycles. The van der Waals surface area contributed by atoms with Crippen LogP contribution in [0.15, 0.2) is 79.1 Å². The number of carbonyl (C=O) groups excluding carboxylic acids is 1. The Morgan fingerprint density at radius 2 is 1.83 bits per heavy atom. The third kappa shape index (κ3) is 7.84. The standard InChI is InChI=1S/C29H34N6O5S/c1-4-39-27-16-22(9-11-26(27)40-19(2)3)28(35(30)25-10-8-23-18-32-13-12-21(23)15-25)29(36)33-17-20-6-5-7-24(14-20)34-41(31,37)38/h5-16,18-19,28,34H,4,17,30H2,1-3H3,(H,33,36)(H2,31,37,38). The lowest BCUT2D eigenvalue weighted by molar-refractivity contribution is -0.122. The van der Waals surface area contributed by atoms with Gasteiger partial charge in [-0.1, -0.05) is 24.3 Å². The van der Waals surface area contributed by atoms with Crippen LogP contribution in [0.25, 0.3) is 10.8 Å². The number of hydrogen-bond acceptors (Lipinski definition) is 8. The summed E-state index contributed by atoms with van der Waals surface area (Å²) < 4.78 is 36.8. The van der Waals surface area contributed by atoms with Crippen LogP contribution in [-0.4, -0.2) is 32.0 Å². The van der Waals surface area contributed by atoms with Crippen molar-refractivity contribution in [2.24, 2.45) is 11.0 Å². The van der Waals surface area contributed by atoms with Gasteiger partial charge in [0.15, 0.2) is 11.5 Å². The van der Waals surface area contributed by atoms with Crippen molar-refractivity contribution in [1.29, 1.82) is 0 Å². The first-order chi connectivity index (χ1) is 19.5. The summed E-state index contributed by atoms with van der Waals surface area (Å²) >= 11 is 0. The van der Waals surface area contributed by atoms with Gasteiger partial charge >= 0.3 is 0 Å². The Kier molecular flexibility index (Phi) is 9.28. The second-order valence-corrected chi connectivity index (χ2v) is 10.9. The van der Waals surface area contributed by atoms with E-state index in [0.717, 1.165) is 10.8 Å². The molecule has 11 nitrogen and oxygen atoms in total. The summed E-state index contributed by atoms with van der Waals surface area (Å²) in [6.07, 6.45) is 3.37. The monoisotopic (exact) mass is 578 g/mol. The molecule has 1 aromatic heterocycles. The number of aromatic nitrogens is 1. The second-order valence-electron chi connectivity index (χ2n) is 9.59. The maximum atomic E-state index is 13.8. The van der Waals surface area contributed by atoms with E-state index in [-0.39, 0.29) is 24.2 Å². The summed E-state index contributed by atoms with van der Waals surface area (Å²) in [4.78, 5) is 17.9. The Morgan fingerprint density at radius 3 is 2.56 bits per heavy atom. The Labute approximate surface area is 239 Å². The molecule has 1 unspecified atom stereocenters. The van der Waals surface area contributed by atoms with Crippen molar-refractivity contribution in [2.45, 2.75) is 39.5 Å². The number of nitrogens with two attached hydrogens (primary N) is 2. The van der Waals surface area contributed by atoms with Crippen LogP contribution in [0.1, 0.15) is 37.9 Å². The first kappa shape index (κ1) is 29.6. The molecule has 4 rings (SSSR count). The van der Waals surface area contributed by atoms with Gasteiger partial charge in [0, 0.05) is 24.3 Å². The first-order valence-corrected chi connectivity index (χ1v) is 14.6. The lowest BCUT2D eigenvalue weighted by Gasteiger charge is -2.29. The lowest BCUT2D eigenvalue weighted by atomic mass is 10.0. The van der Waals surface area contributed by atoms with Gasteiger partial charge in [0.25, 0.3) is 10.2 Å². The van der Waals surface area contributed by atoms with Crippen LogP contribution in [0.3, 0.4) is 0 Å². The van der Waals surface area contributed by atoms with E-state index in [1.807, 2.05) is 45.0 Å². The zero-order chi connectivity index (χ0) is 29.6. The van der Waals surface area contributed by atoms with Crippen molar-refractivity contribution in [3.05, 3.63) is 90.3 Å². The van der Waals surface area contributed by atoms with E-state index in [9.17, 15) is 13.2 Å². The quantitative estimate of drug-likeness (QED) is 0.146. The molecule has 0 aliphatic heterocycles. The molecule has 0 aliphatic rings. The number of anilines is 2. The fraction of sp³-hybridized carbons (Fsp3) is 0.241. The van der Waals surface area contributed by atoms with E-state index in [4.69, 9.17) is 20.5 Å². The van der Waals surface area contributed by atoms with Crippen molar-refractivity contribution in [3.63, 3.8) is 0 Å². The first-order valence-electron chi connectivity index (χ1n) is 13.0. The predicted octanol–water partition coefficient (Wildman–Crippen LogP) is 3.77. The summed E-state index contributed by atoms with van der Waals surface area (Å²) in [7, 11) is -3.94. The van der Waals surface area contributed by atoms with E-state index in [1.165, 1.54) is 5.01 Å². The smallest absolute Gasteiger partial charge is 0.296 e. The van der Waals surface area contributed by atoms with E-state index < -0.39 is 16.3 Å². The predicted molar refractivity (Wildman–Crippen MR) is 160 cm³/mol. The number of carbonyl (C=O) groups is 1. The minimum absolute atomic E-state index is 0.0724. The number of nitrogens with zero attached hydrogens (tertiary/aromatic N) is 2. The molecule has 0 fully saturated rings. The van der Waals surface area contributed by atoms with Crippen molar-refractivity contribution in [3.8, 4) is 11.5 Å². The van der Waals surface area contributed by atoms with Gasteiger partial charge in [-0.3, -0.25) is 19.5 Å². The Morgan fingerprint density at radius 1 is 1.02 bits per heavy atom. The van der Waals surface area contributed by atoms with Crippen molar-refractivity contribution < 1.29 is 22.7 Å². The van der Waals surface area contributed by atoms with Crippen LogP contribution in [0, 0.1) is 0 Å². The van der Waals surface area contributed by atoms with Crippen LogP contribution in [0.5, 0.6) is 11.5 Å². The van der Waals surface area contributed by atoms with Crippen molar-refractivity contribution in [1.82, 2.24) is 10.3 Å². The van der Waals surface area contributed by atoms with Gasteiger partial charge in [-0.15, -0.1) is 0 Å². The summed E-state index contributed by atoms with van der Waals surface area (Å²) in [6.45, 7) is 6.23. The highest BCUT2D eigenvalue weighted by Crippen LogP contribution is 2.34. The summed E-state index contributed by atoms with van der Waals surface area (Å²) in [6, 6.07) is 18.4. The average Bonchev–Trinajstić information content (AvgIpc) is 2.92. The van der Waals surface area contributed by atoms with E-state index >= 15 is 0 Å². The largest absolute Gasteiger partial charge is 0.490 e. The highest BCUT2D eigenvalue weighted by Gasteiger charge is 2.28. The SMILES string of the molecule is CCOc1cc(C(C(=O)NCc2cccc(NS(N)(=O)=O)c2)N(N)c2ccc3cnccc3c2)ccc1OC(C)C. The Balaban J connectivity index is 1.68. The minimum atomic E-state index is -3.94. The molecule has 0 spiro atoms. The molecule has 1 atom stereocenters. The number of nitrogens with one attached hydrogen (secondary N) is 2. The van der Waals surface area contributed by atoms with Gasteiger partial charge < -0.3 is 14.8 Å². The second kappa shape index (κ2) is 12.9. The van der Waals surface area contributed by atoms with Crippen LogP contribution in [0.2, 0.25) is 0 Å². The number of fused-ring (bicyclic) bond motifs is 1. The molecule has 0 saturated carbocycles. The fourth-order valence-electron chi connectivity index (χ4n) is 4.33. The molecule has 1 heterocycles. The number of benzene rings is 3. The molecule has 6 N–H and O–H groups in total. The number of amides is 1. The number of hydrazine groups is 1. The number of pyridine rings is 1. The van der Waals surface area contributed by atoms with Gasteiger partial charge in [0.05, 0.1) is 24.1 Å². The highest BCUT2D eigenvalue weighted by atomic mass is 32.2. The molecule has 216 valence electrons. The molecule has 41 heavy (non-hydrogen) atoms. The maximum Gasteiger partial charge on any atom is 0.296 e. The number of hydrogen-bond donors (Lipinski definition) is 4. The van der Waals surface area contributed by atoms with Crippen LogP contribution >= 0.6 is 0 Å². The molecule has 12 heteroatoms. The van der Waals surface area contributed by atoms with Gasteiger partial charge in [-0.05, 0) is 79.7 Å². The molecule has 0 saturated heterocycles. The third-order valence-electron chi connectivity index (χ3n) is 6.05. The Bertz CT molecular complexity index is 1630. The van der Waals surface area contributed by atoms with E-state index in [2.05, 4.69) is 15.0 Å². The van der Waals surface area contributed by atoms with Gasteiger partial charge in [-0.25, -0.2) is 11.0 Å². The highest BCUT2D eigenvalue weighted by molar-refractivity contribution is 7.90. The van der Waals surface area contributed by atoms with E-state index in [0.29, 0.717) is 34.9 Å². The van der Waals surface area contributed by atoms with Gasteiger partial charge in [0.2, 0.25) is 5.91 Å². The minimum Gasteiger partial charge on any atom is -0.490 e. The molecule has 0 radical (unpaired) electrons. The summed E-state index contributed by atoms with van der Waals surface area (Å²) in [5.74, 6) is 7.34. The fourth-order valence-corrected chi connectivity index (χ4v) is 4.78. The van der Waals surface area contributed by atoms with Crippen LogP contribution in [-0.2, 0) is 21.5 Å². The summed E-state index contributed by atoms with van der Waals surface area (Å²) in [5.41, 5.74) is 2.14. The zero-order valence-electron chi connectivity index (χ0n) is 23.1. The molecule has 4 aromatic rings. The molecule has 0 bridgehead atoms. The topological polar surface area (TPSA) is 162 Å². The van der Waals surface area contributed by atoms with Crippen molar-refractivity contribution in [2.75, 3.05) is 16.3 Å². The van der Waals surface area contributed by atoms with Gasteiger partial charge in [0.1, 0.15) is 6.04 Å². The number of rotatable bonds is 12. The zero-order valence-corrected chi connectivity index (χ0v) is 23.9. The van der Waals surface area contributed by atoms with Crippen LogP contribution < -0.4 is 35.5 Å². The van der Waals surface area contributed by atoms with Crippen LogP contribution in [0.4, 0.5) is 11.4 Å². The third-order valence-corrected chi connectivity index (χ3v) is 6.57. The molecule has 0 aliphatic carbocycles. The normalized spacial score (nSPS) is 12.1. The van der Waals surface area contributed by atoms with E-state index in [1.54, 1.807) is 54.9 Å².